The molecule has 18 heavy (non-hydrogen) atoms. The molecule has 0 aliphatic rings. The highest BCUT2D eigenvalue weighted by atomic mass is 32.2. The third-order valence-corrected chi connectivity index (χ3v) is 4.89. The summed E-state index contributed by atoms with van der Waals surface area (Å²) >= 11 is 0. The van der Waals surface area contributed by atoms with Crippen molar-refractivity contribution in [2.75, 3.05) is 11.1 Å². The predicted molar refractivity (Wildman–Crippen MR) is 73.6 cm³/mol. The van der Waals surface area contributed by atoms with E-state index in [2.05, 4.69) is 5.32 Å². The average molecular weight is 271 g/mol. The van der Waals surface area contributed by atoms with Gasteiger partial charge in [0.2, 0.25) is 0 Å². The number of rotatable bonds is 5. The molecule has 0 aliphatic carbocycles. The Kier molecular flexibility index (Phi) is 4.40. The lowest BCUT2D eigenvalue weighted by molar-refractivity contribution is 0.133. The highest BCUT2D eigenvalue weighted by Crippen LogP contribution is 2.26. The van der Waals surface area contributed by atoms with Crippen LogP contribution >= 0.6 is 0 Å². The Balaban J connectivity index is 3.20. The number of para-hydroxylation sites is 1. The summed E-state index contributed by atoms with van der Waals surface area (Å²) in [7, 11) is -3.27. The van der Waals surface area contributed by atoms with Crippen LogP contribution < -0.4 is 5.32 Å². The lowest BCUT2D eigenvalue weighted by Crippen LogP contribution is -2.42. The number of anilines is 1. The molecule has 0 bridgehead atoms. The topological polar surface area (TPSA) is 66.4 Å². The average Bonchev–Trinajstić information content (AvgIpc) is 2.29. The van der Waals surface area contributed by atoms with Crippen LogP contribution in [0.3, 0.4) is 0 Å². The summed E-state index contributed by atoms with van der Waals surface area (Å²) in [6, 6.07) is 6.77. The van der Waals surface area contributed by atoms with E-state index >= 15 is 0 Å². The van der Waals surface area contributed by atoms with Gasteiger partial charge in [0.25, 0.3) is 0 Å². The minimum atomic E-state index is -3.27. The van der Waals surface area contributed by atoms with Crippen LogP contribution in [-0.2, 0) is 9.84 Å². The Morgan fingerprint density at radius 2 is 1.89 bits per heavy atom. The van der Waals surface area contributed by atoms with Crippen molar-refractivity contribution in [3.63, 3.8) is 0 Å². The second kappa shape index (κ2) is 5.28. The second-order valence-corrected chi connectivity index (χ2v) is 7.17. The molecule has 4 nitrogen and oxygen atoms in total. The molecule has 0 saturated heterocycles. The normalized spacial score (nSPS) is 14.3. The van der Waals surface area contributed by atoms with Gasteiger partial charge in [-0.3, -0.25) is 0 Å². The predicted octanol–water partition coefficient (Wildman–Crippen LogP) is 2.05. The lowest BCUT2D eigenvalue weighted by Gasteiger charge is -2.31. The van der Waals surface area contributed by atoms with E-state index in [0.29, 0.717) is 5.69 Å². The Morgan fingerprint density at radius 3 is 2.39 bits per heavy atom. The zero-order chi connectivity index (χ0) is 14.0. The molecule has 1 atom stereocenters. The maximum absolute atomic E-state index is 12.0. The number of aliphatic hydroxyl groups is 1. The van der Waals surface area contributed by atoms with E-state index in [4.69, 9.17) is 0 Å². The molecule has 0 aliphatic heterocycles. The lowest BCUT2D eigenvalue weighted by atomic mass is 9.98. The third kappa shape index (κ3) is 3.23. The summed E-state index contributed by atoms with van der Waals surface area (Å²) in [5.74, 6) is 0.0563. The van der Waals surface area contributed by atoms with E-state index in [9.17, 15) is 13.5 Å². The van der Waals surface area contributed by atoms with E-state index < -0.39 is 21.5 Å². The van der Waals surface area contributed by atoms with Crippen LogP contribution in [0.5, 0.6) is 0 Å². The molecule has 102 valence electrons. The van der Waals surface area contributed by atoms with Gasteiger partial charge in [-0.15, -0.1) is 0 Å². The van der Waals surface area contributed by atoms with Crippen LogP contribution in [0.2, 0.25) is 0 Å². The zero-order valence-corrected chi connectivity index (χ0v) is 12.1. The fourth-order valence-electron chi connectivity index (χ4n) is 1.45. The largest absolute Gasteiger partial charge is 0.391 e. The van der Waals surface area contributed by atoms with E-state index in [1.165, 1.54) is 0 Å². The maximum atomic E-state index is 12.0. The molecular formula is C13H21NO3S. The molecular weight excluding hydrogens is 250 g/mol. The van der Waals surface area contributed by atoms with Crippen LogP contribution in [0.15, 0.2) is 29.2 Å². The van der Waals surface area contributed by atoms with Gasteiger partial charge in [-0.05, 0) is 32.9 Å². The van der Waals surface area contributed by atoms with Gasteiger partial charge in [-0.1, -0.05) is 19.1 Å². The highest BCUT2D eigenvalue weighted by molar-refractivity contribution is 7.91. The fourth-order valence-corrected chi connectivity index (χ4v) is 2.50. The minimum absolute atomic E-state index is 0.0563. The van der Waals surface area contributed by atoms with Crippen molar-refractivity contribution in [3.8, 4) is 0 Å². The van der Waals surface area contributed by atoms with Crippen molar-refractivity contribution in [1.82, 2.24) is 0 Å². The molecule has 0 spiro atoms. The Labute approximate surface area is 109 Å². The first kappa shape index (κ1) is 15.0. The van der Waals surface area contributed by atoms with Gasteiger partial charge in [-0.25, -0.2) is 8.42 Å². The molecule has 0 fully saturated rings. The SMILES string of the molecule is CCS(=O)(=O)c1ccccc1NC(C)(C)C(C)O. The van der Waals surface area contributed by atoms with Crippen LogP contribution in [0, 0.1) is 0 Å². The quantitative estimate of drug-likeness (QED) is 0.860. The molecule has 1 unspecified atom stereocenters. The maximum Gasteiger partial charge on any atom is 0.180 e. The number of hydrogen-bond donors (Lipinski definition) is 2. The number of nitrogens with one attached hydrogen (secondary N) is 1. The van der Waals surface area contributed by atoms with Gasteiger partial charge < -0.3 is 10.4 Å². The van der Waals surface area contributed by atoms with Crippen LogP contribution in [0.4, 0.5) is 5.69 Å². The summed E-state index contributed by atoms with van der Waals surface area (Å²) in [5.41, 5.74) is -0.0652. The molecule has 5 heteroatoms. The summed E-state index contributed by atoms with van der Waals surface area (Å²) in [4.78, 5) is 0.279. The van der Waals surface area contributed by atoms with Crippen molar-refractivity contribution in [2.45, 2.75) is 44.2 Å². The molecule has 0 heterocycles. The number of hydrogen-bond acceptors (Lipinski definition) is 4. The summed E-state index contributed by atoms with van der Waals surface area (Å²) in [6.07, 6.45) is -0.602. The van der Waals surface area contributed by atoms with Gasteiger partial charge in [0, 0.05) is 0 Å². The Hall–Kier alpha value is -1.07. The Morgan fingerprint density at radius 1 is 1.33 bits per heavy atom. The zero-order valence-electron chi connectivity index (χ0n) is 11.3. The smallest absolute Gasteiger partial charge is 0.180 e. The van der Waals surface area contributed by atoms with Crippen molar-refractivity contribution >= 4 is 15.5 Å². The van der Waals surface area contributed by atoms with Gasteiger partial charge in [0.15, 0.2) is 9.84 Å². The molecule has 0 saturated carbocycles. The molecule has 0 aromatic heterocycles. The monoisotopic (exact) mass is 271 g/mol. The van der Waals surface area contributed by atoms with E-state index in [-0.39, 0.29) is 10.6 Å². The third-order valence-electron chi connectivity index (χ3n) is 3.10. The molecule has 1 aromatic carbocycles. The van der Waals surface area contributed by atoms with Crippen LogP contribution in [0.25, 0.3) is 0 Å². The van der Waals surface area contributed by atoms with Crippen molar-refractivity contribution in [1.29, 1.82) is 0 Å². The number of sulfone groups is 1. The van der Waals surface area contributed by atoms with Crippen molar-refractivity contribution < 1.29 is 13.5 Å². The molecule has 0 amide bonds. The summed E-state index contributed by atoms with van der Waals surface area (Å²) < 4.78 is 23.9. The first-order valence-corrected chi connectivity index (χ1v) is 7.64. The van der Waals surface area contributed by atoms with Crippen LogP contribution in [-0.4, -0.2) is 30.9 Å². The first-order chi connectivity index (χ1) is 8.20. The fraction of sp³-hybridized carbons (Fsp3) is 0.538. The van der Waals surface area contributed by atoms with Crippen molar-refractivity contribution in [2.24, 2.45) is 0 Å². The summed E-state index contributed by atoms with van der Waals surface area (Å²) in [6.45, 7) is 6.94. The summed E-state index contributed by atoms with van der Waals surface area (Å²) in [5, 5.41) is 12.8. The standard InChI is InChI=1S/C13H21NO3S/c1-5-18(16,17)12-9-7-6-8-11(12)14-13(3,4)10(2)15/h6-10,14-15H,5H2,1-4H3. The van der Waals surface area contributed by atoms with E-state index in [1.54, 1.807) is 38.1 Å². The first-order valence-electron chi connectivity index (χ1n) is 5.98. The minimum Gasteiger partial charge on any atom is -0.391 e. The molecule has 0 radical (unpaired) electrons. The second-order valence-electron chi connectivity index (χ2n) is 4.92. The van der Waals surface area contributed by atoms with Gasteiger partial charge in [0.05, 0.1) is 28.0 Å². The van der Waals surface area contributed by atoms with Crippen molar-refractivity contribution in [3.05, 3.63) is 24.3 Å². The van der Waals surface area contributed by atoms with E-state index in [1.807, 2.05) is 13.8 Å². The number of aliphatic hydroxyl groups excluding tert-OH is 1. The van der Waals surface area contributed by atoms with Gasteiger partial charge >= 0.3 is 0 Å². The van der Waals surface area contributed by atoms with Gasteiger partial charge in [-0.2, -0.15) is 0 Å². The number of benzene rings is 1. The molecule has 1 rings (SSSR count). The van der Waals surface area contributed by atoms with Crippen LogP contribution in [0.1, 0.15) is 27.7 Å². The molecule has 2 N–H and O–H groups in total. The Bertz CT molecular complexity index is 507. The van der Waals surface area contributed by atoms with Gasteiger partial charge in [0.1, 0.15) is 0 Å². The molecule has 1 aromatic rings. The van der Waals surface area contributed by atoms with E-state index in [0.717, 1.165) is 0 Å². The highest BCUT2D eigenvalue weighted by Gasteiger charge is 2.26.